The minimum atomic E-state index is -3.90. The van der Waals surface area contributed by atoms with Gasteiger partial charge in [-0.25, -0.2) is 17.9 Å². The van der Waals surface area contributed by atoms with Gasteiger partial charge in [0.2, 0.25) is 0 Å². The van der Waals surface area contributed by atoms with Crippen LogP contribution in [0.1, 0.15) is 0 Å². The van der Waals surface area contributed by atoms with E-state index in [-0.39, 0.29) is 11.5 Å². The average Bonchev–Trinajstić information content (AvgIpc) is 2.26. The smallest absolute Gasteiger partial charge is 0.422 e. The van der Waals surface area contributed by atoms with E-state index in [2.05, 4.69) is 10.7 Å². The van der Waals surface area contributed by atoms with Crippen LogP contribution in [0.3, 0.4) is 0 Å². The first-order chi connectivity index (χ1) is 7.95. The maximum Gasteiger partial charge on any atom is 0.422 e. The van der Waals surface area contributed by atoms with E-state index in [0.717, 1.165) is 3.57 Å². The molecule has 1 amide bonds. The zero-order valence-corrected chi connectivity index (χ0v) is 11.5. The summed E-state index contributed by atoms with van der Waals surface area (Å²) in [5.41, 5.74) is 0. The van der Waals surface area contributed by atoms with Crippen molar-refractivity contribution in [2.45, 2.75) is 4.90 Å². The quantitative estimate of drug-likeness (QED) is 0.648. The summed E-state index contributed by atoms with van der Waals surface area (Å²) in [6.07, 6.45) is 3.77. The van der Waals surface area contributed by atoms with Gasteiger partial charge >= 0.3 is 6.09 Å². The van der Waals surface area contributed by atoms with Crippen LogP contribution in [-0.2, 0) is 14.8 Å². The first-order valence-electron chi connectivity index (χ1n) is 4.34. The molecular formula is C10H8INO4S. The van der Waals surface area contributed by atoms with E-state index in [9.17, 15) is 13.2 Å². The highest BCUT2D eigenvalue weighted by Crippen LogP contribution is 2.11. The lowest BCUT2D eigenvalue weighted by molar-refractivity contribution is 0.166. The number of carbonyl (C=O) groups is 1. The largest absolute Gasteiger partial charge is 0.436 e. The summed E-state index contributed by atoms with van der Waals surface area (Å²) in [4.78, 5) is 11.0. The Kier molecular flexibility index (Phi) is 4.77. The summed E-state index contributed by atoms with van der Waals surface area (Å²) in [5.74, 6) is 2.05. The molecule has 0 aliphatic rings. The fraction of sp³-hybridized carbons (Fsp3) is 0.100. The Morgan fingerprint density at radius 3 is 2.53 bits per heavy atom. The molecule has 0 saturated heterocycles. The Morgan fingerprint density at radius 2 is 2.00 bits per heavy atom. The molecule has 0 bridgehead atoms. The highest BCUT2D eigenvalue weighted by atomic mass is 127. The number of benzene rings is 1. The molecule has 0 unspecified atom stereocenters. The number of carbonyl (C=O) groups excluding carboxylic acids is 1. The molecule has 7 heteroatoms. The van der Waals surface area contributed by atoms with E-state index in [1.54, 1.807) is 16.9 Å². The minimum Gasteiger partial charge on any atom is -0.436 e. The molecule has 0 spiro atoms. The zero-order chi connectivity index (χ0) is 12.9. The summed E-state index contributed by atoms with van der Waals surface area (Å²) >= 11 is 2.04. The Balaban J connectivity index is 2.79. The number of sulfonamides is 1. The van der Waals surface area contributed by atoms with Crippen LogP contribution < -0.4 is 4.72 Å². The maximum atomic E-state index is 11.7. The third-order valence-corrected chi connectivity index (χ3v) is 3.68. The van der Waals surface area contributed by atoms with E-state index in [0.29, 0.717) is 0 Å². The second-order valence-electron chi connectivity index (χ2n) is 2.84. The Bertz CT molecular complexity index is 545. The molecule has 1 aromatic rings. The summed E-state index contributed by atoms with van der Waals surface area (Å²) < 4.78 is 30.3. The Morgan fingerprint density at radius 1 is 1.41 bits per heavy atom. The molecule has 0 aliphatic carbocycles. The number of amides is 1. The van der Waals surface area contributed by atoms with E-state index in [1.165, 1.54) is 12.1 Å². The summed E-state index contributed by atoms with van der Waals surface area (Å²) in [6, 6.07) is 6.00. The van der Waals surface area contributed by atoms with E-state index in [4.69, 9.17) is 6.42 Å². The number of hydrogen-bond donors (Lipinski definition) is 1. The number of nitrogens with one attached hydrogen (secondary N) is 1. The van der Waals surface area contributed by atoms with Gasteiger partial charge < -0.3 is 4.74 Å². The molecular weight excluding hydrogens is 357 g/mol. The minimum absolute atomic E-state index is 0.0180. The van der Waals surface area contributed by atoms with Gasteiger partial charge in [-0.2, -0.15) is 0 Å². The second kappa shape index (κ2) is 5.88. The van der Waals surface area contributed by atoms with Crippen molar-refractivity contribution < 1.29 is 17.9 Å². The second-order valence-corrected chi connectivity index (χ2v) is 5.77. The lowest BCUT2D eigenvalue weighted by Gasteiger charge is -2.06. The van der Waals surface area contributed by atoms with Crippen molar-refractivity contribution in [2.24, 2.45) is 0 Å². The van der Waals surface area contributed by atoms with Crippen LogP contribution in [0.25, 0.3) is 0 Å². The van der Waals surface area contributed by atoms with Crippen molar-refractivity contribution in [3.8, 4) is 12.3 Å². The Labute approximate surface area is 113 Å². The summed E-state index contributed by atoms with van der Waals surface area (Å²) in [7, 11) is -3.90. The SMILES string of the molecule is C#CCOC(=O)NS(=O)(=O)c1ccc(I)cc1. The first kappa shape index (κ1) is 13.8. The lowest BCUT2D eigenvalue weighted by Crippen LogP contribution is -2.31. The average molecular weight is 365 g/mol. The third kappa shape index (κ3) is 4.24. The topological polar surface area (TPSA) is 72.5 Å². The van der Waals surface area contributed by atoms with Crippen molar-refractivity contribution in [2.75, 3.05) is 6.61 Å². The van der Waals surface area contributed by atoms with Crippen LogP contribution >= 0.6 is 22.6 Å². The number of terminal acetylenes is 1. The van der Waals surface area contributed by atoms with Crippen molar-refractivity contribution in [3.05, 3.63) is 27.8 Å². The summed E-state index contributed by atoms with van der Waals surface area (Å²) in [6.45, 7) is -0.284. The van der Waals surface area contributed by atoms with Gasteiger partial charge in [0.25, 0.3) is 10.0 Å². The zero-order valence-electron chi connectivity index (χ0n) is 8.51. The number of halogens is 1. The summed E-state index contributed by atoms with van der Waals surface area (Å²) in [5, 5.41) is 0. The van der Waals surface area contributed by atoms with Crippen molar-refractivity contribution in [3.63, 3.8) is 0 Å². The van der Waals surface area contributed by atoms with E-state index >= 15 is 0 Å². The van der Waals surface area contributed by atoms with Gasteiger partial charge in [-0.1, -0.05) is 5.92 Å². The van der Waals surface area contributed by atoms with Gasteiger partial charge in [-0.3, -0.25) is 0 Å². The molecule has 90 valence electrons. The predicted molar refractivity (Wildman–Crippen MR) is 69.7 cm³/mol. The highest BCUT2D eigenvalue weighted by Gasteiger charge is 2.17. The van der Waals surface area contributed by atoms with Crippen molar-refractivity contribution in [1.29, 1.82) is 0 Å². The van der Waals surface area contributed by atoms with Gasteiger partial charge in [-0.15, -0.1) is 6.42 Å². The van der Waals surface area contributed by atoms with Crippen LogP contribution in [0, 0.1) is 15.9 Å². The molecule has 0 radical (unpaired) electrons. The molecule has 17 heavy (non-hydrogen) atoms. The van der Waals surface area contributed by atoms with Gasteiger partial charge in [-0.05, 0) is 46.9 Å². The molecule has 0 saturated carbocycles. The number of ether oxygens (including phenoxy) is 1. The van der Waals surface area contributed by atoms with Crippen molar-refractivity contribution >= 4 is 38.7 Å². The van der Waals surface area contributed by atoms with Crippen LogP contribution in [0.5, 0.6) is 0 Å². The maximum absolute atomic E-state index is 11.7. The van der Waals surface area contributed by atoms with Crippen LogP contribution in [0.4, 0.5) is 4.79 Å². The number of hydrogen-bond acceptors (Lipinski definition) is 4. The molecule has 1 aromatic carbocycles. The van der Waals surface area contributed by atoms with Gasteiger partial charge in [0.1, 0.15) is 0 Å². The van der Waals surface area contributed by atoms with Gasteiger partial charge in [0.15, 0.2) is 6.61 Å². The van der Waals surface area contributed by atoms with Crippen LogP contribution in [0.15, 0.2) is 29.2 Å². The fourth-order valence-electron chi connectivity index (χ4n) is 0.919. The normalized spacial score (nSPS) is 10.4. The fourth-order valence-corrected chi connectivity index (χ4v) is 2.17. The molecule has 1 rings (SSSR count). The molecule has 0 atom stereocenters. The lowest BCUT2D eigenvalue weighted by atomic mass is 10.4. The Hall–Kier alpha value is -1.27. The molecule has 1 N–H and O–H groups in total. The molecule has 0 heterocycles. The van der Waals surface area contributed by atoms with Crippen LogP contribution in [0.2, 0.25) is 0 Å². The molecule has 0 fully saturated rings. The van der Waals surface area contributed by atoms with Gasteiger partial charge in [0, 0.05) is 3.57 Å². The van der Waals surface area contributed by atoms with E-state index in [1.807, 2.05) is 22.6 Å². The van der Waals surface area contributed by atoms with E-state index < -0.39 is 16.1 Å². The standard InChI is InChI=1S/C10H8INO4S/c1-2-7-16-10(13)12-17(14,15)9-5-3-8(11)4-6-9/h1,3-6H,7H2,(H,12,13). The molecule has 0 aromatic heterocycles. The third-order valence-electron chi connectivity index (χ3n) is 1.63. The van der Waals surface area contributed by atoms with Crippen LogP contribution in [-0.4, -0.2) is 21.1 Å². The highest BCUT2D eigenvalue weighted by molar-refractivity contribution is 14.1. The van der Waals surface area contributed by atoms with Gasteiger partial charge in [0.05, 0.1) is 4.90 Å². The number of rotatable bonds is 3. The first-order valence-corrected chi connectivity index (χ1v) is 6.90. The molecule has 5 nitrogen and oxygen atoms in total. The predicted octanol–water partition coefficient (Wildman–Crippen LogP) is 1.34. The molecule has 0 aliphatic heterocycles. The van der Waals surface area contributed by atoms with Crippen molar-refractivity contribution in [1.82, 2.24) is 4.72 Å². The monoisotopic (exact) mass is 365 g/mol.